The van der Waals surface area contributed by atoms with E-state index in [4.69, 9.17) is 9.84 Å². The normalized spacial score (nSPS) is 23.5. The molecule has 0 bridgehead atoms. The van der Waals surface area contributed by atoms with Gasteiger partial charge in [0.1, 0.15) is 12.3 Å². The second-order valence-electron chi connectivity index (χ2n) is 5.85. The van der Waals surface area contributed by atoms with E-state index in [0.29, 0.717) is 6.42 Å². The standard InChI is InChI=1S/C17H20N2O5/c20-11-14-13(21)10-16(24-14)19-9-7-15(22)18(17(19)23)8-6-12-4-2-1-3-5-12/h1-5,7,9,13-14,16,20-21H,6,8,10-11H2/t13-,14+,16+/m0/s1. The van der Waals surface area contributed by atoms with Crippen LogP contribution in [0.15, 0.2) is 52.2 Å². The summed E-state index contributed by atoms with van der Waals surface area (Å²) in [4.78, 5) is 24.6. The number of ether oxygens (including phenoxy) is 1. The van der Waals surface area contributed by atoms with E-state index in [1.165, 1.54) is 16.8 Å². The molecule has 0 radical (unpaired) electrons. The van der Waals surface area contributed by atoms with Gasteiger partial charge in [-0.25, -0.2) is 4.79 Å². The summed E-state index contributed by atoms with van der Waals surface area (Å²) in [5, 5.41) is 19.0. The highest BCUT2D eigenvalue weighted by Crippen LogP contribution is 2.26. The molecule has 1 aliphatic heterocycles. The minimum Gasteiger partial charge on any atom is -0.394 e. The van der Waals surface area contributed by atoms with E-state index >= 15 is 0 Å². The number of aromatic nitrogens is 2. The molecule has 2 heterocycles. The van der Waals surface area contributed by atoms with Gasteiger partial charge in [0.05, 0.1) is 12.7 Å². The molecule has 7 nitrogen and oxygen atoms in total. The minimum atomic E-state index is -0.836. The lowest BCUT2D eigenvalue weighted by Gasteiger charge is -2.16. The molecule has 0 unspecified atom stereocenters. The van der Waals surface area contributed by atoms with Gasteiger partial charge in [-0.05, 0) is 12.0 Å². The Morgan fingerprint density at radius 2 is 1.92 bits per heavy atom. The zero-order valence-corrected chi connectivity index (χ0v) is 13.1. The Bertz CT molecular complexity index is 799. The van der Waals surface area contributed by atoms with Gasteiger partial charge in [-0.15, -0.1) is 0 Å². The van der Waals surface area contributed by atoms with E-state index in [1.54, 1.807) is 0 Å². The van der Waals surface area contributed by atoms with Gasteiger partial charge in [-0.1, -0.05) is 30.3 Å². The molecule has 3 rings (SSSR count). The summed E-state index contributed by atoms with van der Waals surface area (Å²) in [6.07, 6.45) is -0.104. The van der Waals surface area contributed by atoms with E-state index in [-0.39, 0.29) is 25.1 Å². The summed E-state index contributed by atoms with van der Waals surface area (Å²) in [6.45, 7) is -0.0543. The number of aliphatic hydroxyl groups excluding tert-OH is 2. The summed E-state index contributed by atoms with van der Waals surface area (Å²) < 4.78 is 7.95. The molecule has 24 heavy (non-hydrogen) atoms. The average Bonchev–Trinajstić information content (AvgIpc) is 2.96. The highest BCUT2D eigenvalue weighted by Gasteiger charge is 2.35. The van der Waals surface area contributed by atoms with Crippen LogP contribution < -0.4 is 11.2 Å². The van der Waals surface area contributed by atoms with Crippen molar-refractivity contribution in [2.75, 3.05) is 6.61 Å². The molecular formula is C17H20N2O5. The molecule has 0 aliphatic carbocycles. The van der Waals surface area contributed by atoms with Crippen molar-refractivity contribution in [3.05, 3.63) is 69.0 Å². The summed E-state index contributed by atoms with van der Waals surface area (Å²) in [5.74, 6) is 0. The number of aliphatic hydroxyl groups is 2. The maximum Gasteiger partial charge on any atom is 0.333 e. The predicted molar refractivity (Wildman–Crippen MR) is 86.7 cm³/mol. The van der Waals surface area contributed by atoms with Crippen LogP contribution >= 0.6 is 0 Å². The van der Waals surface area contributed by atoms with Crippen molar-refractivity contribution < 1.29 is 14.9 Å². The first-order valence-electron chi connectivity index (χ1n) is 7.90. The van der Waals surface area contributed by atoms with Crippen molar-refractivity contribution in [1.82, 2.24) is 9.13 Å². The van der Waals surface area contributed by atoms with Gasteiger partial charge in [0.2, 0.25) is 0 Å². The first kappa shape index (κ1) is 16.6. The molecule has 7 heteroatoms. The third kappa shape index (κ3) is 3.33. The Balaban J connectivity index is 1.83. The fourth-order valence-corrected chi connectivity index (χ4v) is 2.89. The largest absolute Gasteiger partial charge is 0.394 e. The third-order valence-corrected chi connectivity index (χ3v) is 4.26. The smallest absolute Gasteiger partial charge is 0.333 e. The second kappa shape index (κ2) is 7.12. The maximum atomic E-state index is 12.6. The number of hydrogen-bond donors (Lipinski definition) is 2. The molecule has 1 saturated heterocycles. The fraction of sp³-hybridized carbons (Fsp3) is 0.412. The topological polar surface area (TPSA) is 93.7 Å². The molecule has 2 aromatic rings. The molecule has 0 spiro atoms. The maximum absolute atomic E-state index is 12.6. The van der Waals surface area contributed by atoms with Crippen LogP contribution in [0.3, 0.4) is 0 Å². The van der Waals surface area contributed by atoms with Gasteiger partial charge < -0.3 is 14.9 Å². The second-order valence-corrected chi connectivity index (χ2v) is 5.85. The molecule has 3 atom stereocenters. The first-order valence-corrected chi connectivity index (χ1v) is 7.90. The first-order chi connectivity index (χ1) is 11.6. The quantitative estimate of drug-likeness (QED) is 0.797. The fourth-order valence-electron chi connectivity index (χ4n) is 2.89. The highest BCUT2D eigenvalue weighted by molar-refractivity contribution is 5.14. The molecule has 1 aliphatic rings. The summed E-state index contributed by atoms with van der Waals surface area (Å²) >= 11 is 0. The van der Waals surface area contributed by atoms with Crippen LogP contribution in [0.5, 0.6) is 0 Å². The van der Waals surface area contributed by atoms with E-state index in [1.807, 2.05) is 30.3 Å². The Kier molecular flexibility index (Phi) is 4.94. The molecule has 128 valence electrons. The van der Waals surface area contributed by atoms with Crippen molar-refractivity contribution in [3.63, 3.8) is 0 Å². The third-order valence-electron chi connectivity index (χ3n) is 4.26. The predicted octanol–water partition coefficient (Wildman–Crippen LogP) is -0.107. The monoisotopic (exact) mass is 332 g/mol. The van der Waals surface area contributed by atoms with Gasteiger partial charge >= 0.3 is 5.69 Å². The lowest BCUT2D eigenvalue weighted by atomic mass is 10.1. The van der Waals surface area contributed by atoms with Crippen molar-refractivity contribution >= 4 is 0 Å². The molecule has 0 saturated carbocycles. The van der Waals surface area contributed by atoms with Crippen LogP contribution in [0.1, 0.15) is 18.2 Å². The molecule has 0 amide bonds. The molecular weight excluding hydrogens is 312 g/mol. The highest BCUT2D eigenvalue weighted by atomic mass is 16.5. The van der Waals surface area contributed by atoms with Gasteiger partial charge in [-0.3, -0.25) is 13.9 Å². The Labute approximate surface area is 138 Å². The Morgan fingerprint density at radius 3 is 2.58 bits per heavy atom. The zero-order chi connectivity index (χ0) is 17.1. The summed E-state index contributed by atoms with van der Waals surface area (Å²) in [6, 6.07) is 10.9. The van der Waals surface area contributed by atoms with Gasteiger partial charge in [0, 0.05) is 25.2 Å². The van der Waals surface area contributed by atoms with Gasteiger partial charge in [-0.2, -0.15) is 0 Å². The van der Waals surface area contributed by atoms with Crippen LogP contribution in [-0.2, 0) is 17.7 Å². The van der Waals surface area contributed by atoms with Crippen molar-refractivity contribution in [2.45, 2.75) is 37.8 Å². The van der Waals surface area contributed by atoms with Crippen LogP contribution in [-0.4, -0.2) is 38.2 Å². The van der Waals surface area contributed by atoms with Crippen LogP contribution in [0.2, 0.25) is 0 Å². The average molecular weight is 332 g/mol. The van der Waals surface area contributed by atoms with E-state index in [2.05, 4.69) is 0 Å². The number of rotatable bonds is 5. The number of hydrogen-bond acceptors (Lipinski definition) is 5. The van der Waals surface area contributed by atoms with Crippen molar-refractivity contribution in [2.24, 2.45) is 0 Å². The Morgan fingerprint density at radius 1 is 1.17 bits per heavy atom. The number of benzene rings is 1. The lowest BCUT2D eigenvalue weighted by Crippen LogP contribution is -2.41. The Hall–Kier alpha value is -2.22. The van der Waals surface area contributed by atoms with E-state index < -0.39 is 24.1 Å². The molecule has 1 aromatic heterocycles. The number of aryl methyl sites for hydroxylation is 1. The molecule has 2 N–H and O–H groups in total. The molecule has 1 fully saturated rings. The lowest BCUT2D eigenvalue weighted by molar-refractivity contribution is -0.0463. The zero-order valence-electron chi connectivity index (χ0n) is 13.1. The number of nitrogens with zero attached hydrogens (tertiary/aromatic N) is 2. The summed E-state index contributed by atoms with van der Waals surface area (Å²) in [5.41, 5.74) is 0.186. The van der Waals surface area contributed by atoms with Gasteiger partial charge in [0.15, 0.2) is 0 Å². The minimum absolute atomic E-state index is 0.196. The van der Waals surface area contributed by atoms with Gasteiger partial charge in [0.25, 0.3) is 5.56 Å². The molecule has 1 aromatic carbocycles. The van der Waals surface area contributed by atoms with E-state index in [9.17, 15) is 14.7 Å². The van der Waals surface area contributed by atoms with Crippen molar-refractivity contribution in [1.29, 1.82) is 0 Å². The van der Waals surface area contributed by atoms with Crippen LogP contribution in [0.4, 0.5) is 0 Å². The van der Waals surface area contributed by atoms with Crippen molar-refractivity contribution in [3.8, 4) is 0 Å². The van der Waals surface area contributed by atoms with Crippen LogP contribution in [0.25, 0.3) is 0 Å². The SMILES string of the molecule is O=c1ccn([C@H]2C[C@H](O)[C@@H](CO)O2)c(=O)n1CCc1ccccc1. The van der Waals surface area contributed by atoms with Crippen LogP contribution in [0, 0.1) is 0 Å². The van der Waals surface area contributed by atoms with E-state index in [0.717, 1.165) is 10.1 Å². The summed E-state index contributed by atoms with van der Waals surface area (Å²) in [7, 11) is 0.